The fraction of sp³-hybridized carbons (Fsp3) is 0.200. The van der Waals surface area contributed by atoms with Crippen LogP contribution < -0.4 is 10.5 Å². The Hall–Kier alpha value is -1.35. The Morgan fingerprint density at radius 3 is 2.77 bits per heavy atom. The van der Waals surface area contributed by atoms with Crippen LogP contribution in [-0.2, 0) is 0 Å². The van der Waals surface area contributed by atoms with Gasteiger partial charge in [0, 0.05) is 17.7 Å². The highest BCUT2D eigenvalue weighted by Crippen LogP contribution is 2.24. The normalized spacial score (nSPS) is 11.5. The summed E-state index contributed by atoms with van der Waals surface area (Å²) in [5, 5.41) is 0. The van der Waals surface area contributed by atoms with Crippen molar-refractivity contribution in [1.82, 2.24) is 0 Å². The highest BCUT2D eigenvalue weighted by Gasteiger charge is 2.05. The van der Waals surface area contributed by atoms with E-state index >= 15 is 0 Å². The molecule has 0 radical (unpaired) electrons. The molecule has 0 aliphatic rings. The average molecular weight is 181 g/mol. The minimum absolute atomic E-state index is 0.164. The number of ether oxygens (including phenoxy) is 1. The second kappa shape index (κ2) is 4.62. The Morgan fingerprint density at radius 2 is 2.23 bits per heavy atom. The van der Waals surface area contributed by atoms with E-state index in [1.54, 1.807) is 19.2 Å². The number of para-hydroxylation sites is 1. The summed E-state index contributed by atoms with van der Waals surface area (Å²) in [5.41, 5.74) is 6.52. The molecule has 0 aliphatic carbocycles. The molecule has 2 nitrogen and oxygen atoms in total. The molecule has 0 heterocycles. The van der Waals surface area contributed by atoms with Gasteiger partial charge in [-0.1, -0.05) is 18.2 Å². The fourth-order valence-electron chi connectivity index (χ4n) is 1.12. The number of benzene rings is 1. The molecule has 13 heavy (non-hydrogen) atoms. The van der Waals surface area contributed by atoms with Crippen LogP contribution in [0.25, 0.3) is 5.57 Å². The van der Waals surface area contributed by atoms with Crippen molar-refractivity contribution in [2.45, 2.75) is 0 Å². The van der Waals surface area contributed by atoms with Gasteiger partial charge in [0.1, 0.15) is 5.75 Å². The van der Waals surface area contributed by atoms with Crippen molar-refractivity contribution < 1.29 is 9.13 Å². The van der Waals surface area contributed by atoms with Gasteiger partial charge in [0.25, 0.3) is 0 Å². The number of methoxy groups -OCH3 is 1. The number of hydrogen-bond donors (Lipinski definition) is 1. The Balaban J connectivity index is 3.12. The third-order valence-corrected chi connectivity index (χ3v) is 1.80. The summed E-state index contributed by atoms with van der Waals surface area (Å²) in [4.78, 5) is 0. The van der Waals surface area contributed by atoms with Gasteiger partial charge in [-0.2, -0.15) is 0 Å². The summed E-state index contributed by atoms with van der Waals surface area (Å²) in [5.74, 6) is 0.636. The van der Waals surface area contributed by atoms with Crippen LogP contribution in [-0.4, -0.2) is 13.7 Å². The molecular formula is C10H12FNO. The quantitative estimate of drug-likeness (QED) is 0.773. The van der Waals surface area contributed by atoms with Crippen molar-refractivity contribution in [1.29, 1.82) is 0 Å². The first kappa shape index (κ1) is 9.74. The van der Waals surface area contributed by atoms with E-state index in [9.17, 15) is 4.39 Å². The topological polar surface area (TPSA) is 35.2 Å². The Kier molecular flexibility index (Phi) is 3.46. The molecule has 0 spiro atoms. The zero-order chi connectivity index (χ0) is 9.68. The highest BCUT2D eigenvalue weighted by atomic mass is 19.1. The molecule has 1 aromatic carbocycles. The summed E-state index contributed by atoms with van der Waals surface area (Å²) < 4.78 is 17.4. The molecular weight excluding hydrogens is 169 g/mol. The lowest BCUT2D eigenvalue weighted by molar-refractivity contribution is 0.413. The molecule has 0 bridgehead atoms. The van der Waals surface area contributed by atoms with E-state index in [2.05, 4.69) is 0 Å². The molecule has 3 heteroatoms. The van der Waals surface area contributed by atoms with Gasteiger partial charge in [-0.3, -0.25) is 0 Å². The lowest BCUT2D eigenvalue weighted by Gasteiger charge is -2.08. The molecule has 0 fully saturated rings. The average Bonchev–Trinajstić information content (AvgIpc) is 2.20. The maximum absolute atomic E-state index is 12.4. The van der Waals surface area contributed by atoms with Gasteiger partial charge in [0.2, 0.25) is 0 Å². The van der Waals surface area contributed by atoms with Crippen LogP contribution in [0.2, 0.25) is 0 Å². The lowest BCUT2D eigenvalue weighted by Crippen LogP contribution is -2.03. The number of hydrogen-bond acceptors (Lipinski definition) is 2. The summed E-state index contributed by atoms with van der Waals surface area (Å²) in [7, 11) is 1.55. The van der Waals surface area contributed by atoms with Crippen molar-refractivity contribution in [2.75, 3.05) is 13.7 Å². The van der Waals surface area contributed by atoms with Gasteiger partial charge in [-0.25, -0.2) is 4.39 Å². The van der Waals surface area contributed by atoms with Gasteiger partial charge in [0.05, 0.1) is 13.4 Å². The van der Waals surface area contributed by atoms with Gasteiger partial charge in [0.15, 0.2) is 0 Å². The van der Waals surface area contributed by atoms with Crippen LogP contribution in [0.15, 0.2) is 30.6 Å². The smallest absolute Gasteiger partial charge is 0.126 e. The van der Waals surface area contributed by atoms with Crippen molar-refractivity contribution >= 4 is 5.57 Å². The highest BCUT2D eigenvalue weighted by molar-refractivity contribution is 5.70. The lowest BCUT2D eigenvalue weighted by atomic mass is 10.1. The third-order valence-electron chi connectivity index (χ3n) is 1.80. The number of nitrogens with two attached hydrogens (primary N) is 1. The molecule has 0 aliphatic heterocycles. The Labute approximate surface area is 76.8 Å². The van der Waals surface area contributed by atoms with Gasteiger partial charge < -0.3 is 10.5 Å². The monoisotopic (exact) mass is 181 g/mol. The second-order valence-electron chi connectivity index (χ2n) is 2.54. The predicted molar refractivity (Wildman–Crippen MR) is 51.1 cm³/mol. The zero-order valence-corrected chi connectivity index (χ0v) is 7.46. The van der Waals surface area contributed by atoms with E-state index < -0.39 is 0 Å². The fourth-order valence-corrected chi connectivity index (χ4v) is 1.12. The third kappa shape index (κ3) is 2.06. The first-order valence-electron chi connectivity index (χ1n) is 3.96. The van der Waals surface area contributed by atoms with Crippen molar-refractivity contribution in [3.8, 4) is 5.75 Å². The van der Waals surface area contributed by atoms with Gasteiger partial charge in [-0.15, -0.1) is 0 Å². The van der Waals surface area contributed by atoms with Gasteiger partial charge >= 0.3 is 0 Å². The first-order chi connectivity index (χ1) is 6.33. The van der Waals surface area contributed by atoms with Crippen molar-refractivity contribution in [3.05, 3.63) is 36.2 Å². The molecule has 1 aromatic rings. The first-order valence-corrected chi connectivity index (χ1v) is 3.96. The molecule has 0 aromatic heterocycles. The Bertz CT molecular complexity index is 310. The standard InChI is InChI=1S/C10H12FNO/c1-13-10-5-3-2-4-9(10)8(6-11)7-12/h2-6H,7,12H2,1H3/b8-6-. The minimum atomic E-state index is 0.164. The van der Waals surface area contributed by atoms with E-state index in [1.807, 2.05) is 12.1 Å². The maximum atomic E-state index is 12.4. The molecule has 0 saturated carbocycles. The van der Waals surface area contributed by atoms with Crippen molar-refractivity contribution in [3.63, 3.8) is 0 Å². The summed E-state index contributed by atoms with van der Waals surface area (Å²) >= 11 is 0. The molecule has 0 unspecified atom stereocenters. The van der Waals surface area contributed by atoms with Crippen LogP contribution in [0, 0.1) is 0 Å². The van der Waals surface area contributed by atoms with Crippen LogP contribution in [0.4, 0.5) is 4.39 Å². The molecule has 0 atom stereocenters. The minimum Gasteiger partial charge on any atom is -0.496 e. The van der Waals surface area contributed by atoms with E-state index in [-0.39, 0.29) is 6.54 Å². The van der Waals surface area contributed by atoms with E-state index in [1.165, 1.54) is 0 Å². The summed E-state index contributed by atoms with van der Waals surface area (Å²) in [6.07, 6.45) is 0.512. The number of rotatable bonds is 3. The molecule has 2 N–H and O–H groups in total. The summed E-state index contributed by atoms with van der Waals surface area (Å²) in [6.45, 7) is 0.164. The van der Waals surface area contributed by atoms with E-state index in [4.69, 9.17) is 10.5 Å². The van der Waals surface area contributed by atoms with Crippen LogP contribution in [0.5, 0.6) is 5.75 Å². The van der Waals surface area contributed by atoms with Crippen LogP contribution in [0.3, 0.4) is 0 Å². The van der Waals surface area contributed by atoms with Crippen molar-refractivity contribution in [2.24, 2.45) is 5.73 Å². The second-order valence-corrected chi connectivity index (χ2v) is 2.54. The predicted octanol–water partition coefficient (Wildman–Crippen LogP) is 1.96. The van der Waals surface area contributed by atoms with Gasteiger partial charge in [-0.05, 0) is 6.07 Å². The largest absolute Gasteiger partial charge is 0.496 e. The number of halogens is 1. The zero-order valence-electron chi connectivity index (χ0n) is 7.46. The maximum Gasteiger partial charge on any atom is 0.126 e. The molecule has 0 amide bonds. The van der Waals surface area contributed by atoms with Crippen LogP contribution in [0.1, 0.15) is 5.56 Å². The van der Waals surface area contributed by atoms with E-state index in [0.29, 0.717) is 23.2 Å². The molecule has 1 rings (SSSR count). The summed E-state index contributed by atoms with van der Waals surface area (Å²) in [6, 6.07) is 7.19. The Morgan fingerprint density at radius 1 is 1.54 bits per heavy atom. The molecule has 70 valence electrons. The SMILES string of the molecule is COc1ccccc1/C(=C\F)CN. The molecule has 0 saturated heterocycles. The van der Waals surface area contributed by atoms with Crippen LogP contribution >= 0.6 is 0 Å². The van der Waals surface area contributed by atoms with E-state index in [0.717, 1.165) is 0 Å².